The van der Waals surface area contributed by atoms with Gasteiger partial charge in [0.2, 0.25) is 0 Å². The lowest BCUT2D eigenvalue weighted by Crippen LogP contribution is -2.40. The standard InChI is InChI=1S/C20H34OSi2/c1-20(2,3)23(6,7)21-17-13-8-9-14-18-22(4,5)19-15-11-10-12-16-19/h8-12,14-16,18H,13,17H2,1-7H3/b9-8+,18-14+. The van der Waals surface area contributed by atoms with Gasteiger partial charge in [-0.1, -0.05) is 93.3 Å². The summed E-state index contributed by atoms with van der Waals surface area (Å²) in [4.78, 5) is 0. The molecule has 0 bridgehead atoms. The van der Waals surface area contributed by atoms with Crippen LogP contribution in [0.2, 0.25) is 31.2 Å². The summed E-state index contributed by atoms with van der Waals surface area (Å²) in [5, 5.41) is 1.77. The highest BCUT2D eigenvalue weighted by atomic mass is 28.4. The van der Waals surface area contributed by atoms with Gasteiger partial charge in [0.05, 0.1) is 0 Å². The summed E-state index contributed by atoms with van der Waals surface area (Å²) < 4.78 is 6.18. The first-order chi connectivity index (χ1) is 10.6. The van der Waals surface area contributed by atoms with Crippen molar-refractivity contribution in [3.8, 4) is 0 Å². The summed E-state index contributed by atoms with van der Waals surface area (Å²) in [6.45, 7) is 17.1. The normalized spacial score (nSPS) is 14.0. The van der Waals surface area contributed by atoms with Crippen molar-refractivity contribution in [2.75, 3.05) is 6.61 Å². The van der Waals surface area contributed by atoms with E-state index in [1.54, 1.807) is 0 Å². The molecule has 23 heavy (non-hydrogen) atoms. The van der Waals surface area contributed by atoms with Crippen LogP contribution in [-0.2, 0) is 4.43 Å². The van der Waals surface area contributed by atoms with Crippen molar-refractivity contribution in [1.29, 1.82) is 0 Å². The fraction of sp³-hybridized carbons (Fsp3) is 0.500. The number of allylic oxidation sites excluding steroid dienone is 2. The second-order valence-electron chi connectivity index (χ2n) is 8.27. The van der Waals surface area contributed by atoms with Crippen LogP contribution in [0.3, 0.4) is 0 Å². The Balaban J connectivity index is 2.42. The maximum atomic E-state index is 6.18. The topological polar surface area (TPSA) is 9.23 Å². The Kier molecular flexibility index (Phi) is 7.24. The number of hydrogen-bond acceptors (Lipinski definition) is 1. The Morgan fingerprint density at radius 3 is 2.13 bits per heavy atom. The minimum atomic E-state index is -1.59. The van der Waals surface area contributed by atoms with E-state index in [2.05, 4.69) is 101 Å². The second-order valence-corrected chi connectivity index (χ2v) is 17.4. The highest BCUT2D eigenvalue weighted by molar-refractivity contribution is 6.93. The van der Waals surface area contributed by atoms with Gasteiger partial charge in [-0.05, 0) is 24.6 Å². The van der Waals surface area contributed by atoms with Crippen molar-refractivity contribution < 1.29 is 4.43 Å². The first-order valence-electron chi connectivity index (χ1n) is 8.60. The summed E-state index contributed by atoms with van der Waals surface area (Å²) in [6.07, 6.45) is 7.60. The molecule has 0 aromatic heterocycles. The summed E-state index contributed by atoms with van der Waals surface area (Å²) in [5.41, 5.74) is 2.40. The molecule has 0 saturated heterocycles. The number of benzene rings is 1. The van der Waals surface area contributed by atoms with Gasteiger partial charge in [-0.3, -0.25) is 0 Å². The molecule has 0 amide bonds. The van der Waals surface area contributed by atoms with Gasteiger partial charge >= 0.3 is 0 Å². The third kappa shape index (κ3) is 6.62. The van der Waals surface area contributed by atoms with E-state index < -0.39 is 16.4 Å². The average Bonchev–Trinajstić information content (AvgIpc) is 2.46. The van der Waals surface area contributed by atoms with E-state index in [9.17, 15) is 0 Å². The summed E-state index contributed by atoms with van der Waals surface area (Å²) >= 11 is 0. The Bertz CT molecular complexity index is 522. The zero-order chi connectivity index (χ0) is 17.6. The predicted molar refractivity (Wildman–Crippen MR) is 110 cm³/mol. The molecule has 128 valence electrons. The van der Waals surface area contributed by atoms with Crippen molar-refractivity contribution in [2.45, 2.75) is 58.4 Å². The molecule has 0 aliphatic carbocycles. The Hall–Kier alpha value is -0.906. The Labute approximate surface area is 145 Å². The van der Waals surface area contributed by atoms with Gasteiger partial charge in [-0.15, -0.1) is 0 Å². The van der Waals surface area contributed by atoms with E-state index in [-0.39, 0.29) is 0 Å². The van der Waals surface area contributed by atoms with Crippen LogP contribution in [0.4, 0.5) is 0 Å². The van der Waals surface area contributed by atoms with Crippen LogP contribution in [0.15, 0.2) is 54.3 Å². The van der Waals surface area contributed by atoms with Gasteiger partial charge < -0.3 is 4.43 Å². The van der Waals surface area contributed by atoms with Crippen LogP contribution < -0.4 is 5.19 Å². The van der Waals surface area contributed by atoms with Gasteiger partial charge in [0.15, 0.2) is 8.32 Å². The smallest absolute Gasteiger partial charge is 0.191 e. The quantitative estimate of drug-likeness (QED) is 0.351. The largest absolute Gasteiger partial charge is 0.417 e. The molecule has 3 heteroatoms. The Morgan fingerprint density at radius 2 is 1.57 bits per heavy atom. The third-order valence-electron chi connectivity index (χ3n) is 4.83. The molecule has 0 aliphatic rings. The number of hydrogen-bond donors (Lipinski definition) is 0. The molecule has 1 nitrogen and oxygen atoms in total. The zero-order valence-electron chi connectivity index (χ0n) is 16.0. The van der Waals surface area contributed by atoms with E-state index in [1.165, 1.54) is 5.19 Å². The van der Waals surface area contributed by atoms with Crippen LogP contribution in [-0.4, -0.2) is 23.0 Å². The molecule has 0 heterocycles. The van der Waals surface area contributed by atoms with Crippen LogP contribution >= 0.6 is 0 Å². The lowest BCUT2D eigenvalue weighted by Gasteiger charge is -2.36. The van der Waals surface area contributed by atoms with Crippen molar-refractivity contribution in [3.63, 3.8) is 0 Å². The first kappa shape index (κ1) is 20.1. The summed E-state index contributed by atoms with van der Waals surface area (Å²) in [7, 11) is -3.05. The van der Waals surface area contributed by atoms with Gasteiger partial charge in [0.1, 0.15) is 8.07 Å². The van der Waals surface area contributed by atoms with Crippen molar-refractivity contribution in [1.82, 2.24) is 0 Å². The molecular formula is C20H34OSi2. The SMILES string of the molecule is CC(C)(C)[Si](C)(C)OCC/C=C/C=C/[Si](C)(C)c1ccccc1. The lowest BCUT2D eigenvalue weighted by molar-refractivity contribution is 0.294. The van der Waals surface area contributed by atoms with Gasteiger partial charge in [-0.25, -0.2) is 0 Å². The highest BCUT2D eigenvalue weighted by Crippen LogP contribution is 2.36. The van der Waals surface area contributed by atoms with Crippen molar-refractivity contribution in [3.05, 3.63) is 54.3 Å². The molecule has 0 N–H and O–H groups in total. The molecule has 1 rings (SSSR count). The van der Waals surface area contributed by atoms with E-state index in [0.29, 0.717) is 5.04 Å². The fourth-order valence-corrected chi connectivity index (χ4v) is 4.93. The number of rotatable bonds is 7. The molecule has 0 spiro atoms. The molecule has 0 radical (unpaired) electrons. The van der Waals surface area contributed by atoms with E-state index in [1.807, 2.05) is 0 Å². The molecule has 1 aromatic carbocycles. The first-order valence-corrected chi connectivity index (χ1v) is 14.6. The van der Waals surface area contributed by atoms with E-state index in [0.717, 1.165) is 13.0 Å². The summed E-state index contributed by atoms with van der Waals surface area (Å²) in [5.74, 6) is 0. The van der Waals surface area contributed by atoms with E-state index in [4.69, 9.17) is 4.43 Å². The average molecular weight is 347 g/mol. The molecule has 0 fully saturated rings. The van der Waals surface area contributed by atoms with Crippen molar-refractivity contribution >= 4 is 21.6 Å². The van der Waals surface area contributed by atoms with Gasteiger partial charge in [0, 0.05) is 6.61 Å². The minimum absolute atomic E-state index is 0.294. The van der Waals surface area contributed by atoms with Crippen LogP contribution in [0.5, 0.6) is 0 Å². The van der Waals surface area contributed by atoms with Gasteiger partial charge in [0.25, 0.3) is 0 Å². The van der Waals surface area contributed by atoms with Crippen LogP contribution in [0, 0.1) is 0 Å². The molecule has 0 atom stereocenters. The Morgan fingerprint density at radius 1 is 0.957 bits per heavy atom. The monoisotopic (exact) mass is 346 g/mol. The minimum Gasteiger partial charge on any atom is -0.417 e. The van der Waals surface area contributed by atoms with Gasteiger partial charge in [-0.2, -0.15) is 0 Å². The predicted octanol–water partition coefficient (Wildman–Crippen LogP) is 5.67. The molecule has 1 aromatic rings. The third-order valence-corrected chi connectivity index (χ3v) is 12.2. The summed E-state index contributed by atoms with van der Waals surface area (Å²) in [6, 6.07) is 10.8. The maximum absolute atomic E-state index is 6.18. The zero-order valence-corrected chi connectivity index (χ0v) is 18.0. The van der Waals surface area contributed by atoms with E-state index >= 15 is 0 Å². The highest BCUT2D eigenvalue weighted by Gasteiger charge is 2.36. The molecule has 0 saturated carbocycles. The van der Waals surface area contributed by atoms with Crippen LogP contribution in [0.25, 0.3) is 0 Å². The second kappa shape index (κ2) is 8.27. The molecule has 0 unspecified atom stereocenters. The van der Waals surface area contributed by atoms with Crippen molar-refractivity contribution in [2.24, 2.45) is 0 Å². The fourth-order valence-electron chi connectivity index (χ4n) is 2.03. The maximum Gasteiger partial charge on any atom is 0.191 e. The molecular weight excluding hydrogens is 312 g/mol. The molecule has 0 aliphatic heterocycles. The van der Waals surface area contributed by atoms with Crippen LogP contribution in [0.1, 0.15) is 27.2 Å². The lowest BCUT2D eigenvalue weighted by atomic mass is 10.2.